The molecule has 2 heteroatoms. The molecule has 0 saturated heterocycles. The highest BCUT2D eigenvalue weighted by Gasteiger charge is 2.53. The summed E-state index contributed by atoms with van der Waals surface area (Å²) in [6, 6.07) is 105. The Morgan fingerprint density at radius 1 is 0.276 bits per heavy atom. The zero-order valence-corrected chi connectivity index (χ0v) is 41.5. The number of hydrogen-bond acceptors (Lipinski definition) is 1. The van der Waals surface area contributed by atoms with Gasteiger partial charge in [0.1, 0.15) is 0 Å². The van der Waals surface area contributed by atoms with Crippen LogP contribution in [0.1, 0.15) is 44.5 Å². The number of benzene rings is 12. The molecule has 0 unspecified atom stereocenters. The van der Waals surface area contributed by atoms with Gasteiger partial charge in [-0.05, 0) is 131 Å². The normalized spacial score (nSPS) is 14.0. The minimum absolute atomic E-state index is 0.485. The topological polar surface area (TPSA) is 8.17 Å². The molecule has 2 spiro atoms. The van der Waals surface area contributed by atoms with Gasteiger partial charge < -0.3 is 9.47 Å². The van der Waals surface area contributed by atoms with E-state index in [-0.39, 0.29) is 0 Å². The molecule has 352 valence electrons. The van der Waals surface area contributed by atoms with Gasteiger partial charge in [0.15, 0.2) is 0 Å². The lowest BCUT2D eigenvalue weighted by Crippen LogP contribution is -2.33. The van der Waals surface area contributed by atoms with Crippen LogP contribution in [-0.2, 0) is 10.8 Å². The van der Waals surface area contributed by atoms with E-state index in [4.69, 9.17) is 0 Å². The monoisotopic (exact) mass is 962 g/mol. The maximum atomic E-state index is 2.58. The Kier molecular flexibility index (Phi) is 8.44. The molecule has 0 atom stereocenters. The average molecular weight is 963 g/mol. The van der Waals surface area contributed by atoms with Crippen LogP contribution in [0.3, 0.4) is 0 Å². The largest absolute Gasteiger partial charge is 0.309 e. The van der Waals surface area contributed by atoms with Gasteiger partial charge in [-0.25, -0.2) is 0 Å². The van der Waals surface area contributed by atoms with Crippen molar-refractivity contribution in [2.75, 3.05) is 4.90 Å². The smallest absolute Gasteiger partial charge is 0.0754 e. The molecule has 1 aromatic heterocycles. The van der Waals surface area contributed by atoms with Gasteiger partial charge in [-0.3, -0.25) is 0 Å². The third-order valence-corrected chi connectivity index (χ3v) is 17.6. The molecule has 0 amide bonds. The van der Waals surface area contributed by atoms with Gasteiger partial charge >= 0.3 is 0 Å². The zero-order chi connectivity index (χ0) is 49.7. The SMILES string of the molecule is c1ccc(-c2cccc(-c3ccccc3N(c3ccc4c(c3)c3cccc5c3n4-c3ccccc3C53c4ccccc4-c4ccccc43)c3cccc4c3-c3ccccc3C43c4ccccc4-c4ccccc43)c2)cc1. The van der Waals surface area contributed by atoms with Gasteiger partial charge in [0.25, 0.3) is 0 Å². The van der Waals surface area contributed by atoms with Crippen molar-refractivity contribution in [2.24, 2.45) is 0 Å². The van der Waals surface area contributed by atoms with Gasteiger partial charge in [0.05, 0.1) is 38.9 Å². The molecule has 0 radical (unpaired) electrons. The average Bonchev–Trinajstić information content (AvgIpc) is 4.10. The zero-order valence-electron chi connectivity index (χ0n) is 41.5. The molecule has 76 heavy (non-hydrogen) atoms. The minimum Gasteiger partial charge on any atom is -0.309 e. The van der Waals surface area contributed by atoms with Crippen LogP contribution in [0.4, 0.5) is 17.1 Å². The van der Waals surface area contributed by atoms with Crippen molar-refractivity contribution in [3.05, 3.63) is 324 Å². The van der Waals surface area contributed by atoms with E-state index in [0.29, 0.717) is 0 Å². The summed E-state index contributed by atoms with van der Waals surface area (Å²) in [4.78, 5) is 2.58. The molecule has 0 bridgehead atoms. The van der Waals surface area contributed by atoms with E-state index in [1.807, 2.05) is 0 Å². The summed E-state index contributed by atoms with van der Waals surface area (Å²) < 4.78 is 2.57. The molecule has 4 aliphatic rings. The first-order valence-corrected chi connectivity index (χ1v) is 26.6. The number of aromatic nitrogens is 1. The molecule has 0 saturated carbocycles. The van der Waals surface area contributed by atoms with Crippen molar-refractivity contribution in [3.8, 4) is 61.3 Å². The van der Waals surface area contributed by atoms with Crippen LogP contribution in [-0.4, -0.2) is 4.57 Å². The first-order chi connectivity index (χ1) is 37.7. The predicted molar refractivity (Wildman–Crippen MR) is 313 cm³/mol. The number of anilines is 3. The Balaban J connectivity index is 0.960. The molecule has 17 rings (SSSR count). The molecule has 2 heterocycles. The molecule has 3 aliphatic carbocycles. The van der Waals surface area contributed by atoms with Crippen molar-refractivity contribution >= 4 is 38.9 Å². The quantitative estimate of drug-likeness (QED) is 0.167. The second kappa shape index (κ2) is 15.4. The summed E-state index contributed by atoms with van der Waals surface area (Å²) in [6.07, 6.45) is 0. The number of hydrogen-bond donors (Lipinski definition) is 0. The molecular weight excluding hydrogens is 917 g/mol. The van der Waals surface area contributed by atoms with Crippen molar-refractivity contribution in [1.29, 1.82) is 0 Å². The summed E-state index contributed by atoms with van der Waals surface area (Å²) in [5, 5.41) is 2.47. The van der Waals surface area contributed by atoms with E-state index >= 15 is 0 Å². The summed E-state index contributed by atoms with van der Waals surface area (Å²) in [5.74, 6) is 0. The highest BCUT2D eigenvalue weighted by Crippen LogP contribution is 2.66. The highest BCUT2D eigenvalue weighted by molar-refractivity contribution is 6.14. The number of rotatable bonds is 5. The Morgan fingerprint density at radius 2 is 0.737 bits per heavy atom. The minimum atomic E-state index is -0.492. The van der Waals surface area contributed by atoms with Gasteiger partial charge in [0, 0.05) is 27.6 Å². The fraction of sp³-hybridized carbons (Fsp3) is 0.0270. The summed E-state index contributed by atoms with van der Waals surface area (Å²) in [5.41, 5.74) is 29.1. The Morgan fingerprint density at radius 3 is 1.41 bits per heavy atom. The van der Waals surface area contributed by atoms with E-state index in [1.165, 1.54) is 117 Å². The fourth-order valence-electron chi connectivity index (χ4n) is 14.8. The predicted octanol–water partition coefficient (Wildman–Crippen LogP) is 18.6. The molecular formula is C74H46N2. The van der Waals surface area contributed by atoms with Crippen LogP contribution in [0, 0.1) is 0 Å². The van der Waals surface area contributed by atoms with E-state index < -0.39 is 10.8 Å². The van der Waals surface area contributed by atoms with E-state index in [2.05, 4.69) is 289 Å². The molecule has 13 aromatic rings. The Labute approximate surface area is 441 Å². The summed E-state index contributed by atoms with van der Waals surface area (Å²) in [7, 11) is 0. The van der Waals surface area contributed by atoms with Gasteiger partial charge in [-0.2, -0.15) is 0 Å². The third kappa shape index (κ3) is 5.20. The van der Waals surface area contributed by atoms with Gasteiger partial charge in [0.2, 0.25) is 0 Å². The fourth-order valence-corrected chi connectivity index (χ4v) is 14.8. The summed E-state index contributed by atoms with van der Waals surface area (Å²) >= 11 is 0. The highest BCUT2D eigenvalue weighted by atomic mass is 15.2. The van der Waals surface area contributed by atoms with Crippen molar-refractivity contribution in [3.63, 3.8) is 0 Å². The van der Waals surface area contributed by atoms with Crippen LogP contribution in [0.15, 0.2) is 279 Å². The van der Waals surface area contributed by atoms with Crippen molar-refractivity contribution < 1.29 is 0 Å². The third-order valence-electron chi connectivity index (χ3n) is 17.6. The maximum Gasteiger partial charge on any atom is 0.0754 e. The molecule has 0 N–H and O–H groups in total. The van der Waals surface area contributed by atoms with Gasteiger partial charge in [-0.1, -0.05) is 237 Å². The van der Waals surface area contributed by atoms with E-state index in [9.17, 15) is 0 Å². The van der Waals surface area contributed by atoms with Crippen LogP contribution >= 0.6 is 0 Å². The van der Waals surface area contributed by atoms with Crippen LogP contribution in [0.5, 0.6) is 0 Å². The van der Waals surface area contributed by atoms with Gasteiger partial charge in [-0.15, -0.1) is 0 Å². The van der Waals surface area contributed by atoms with E-state index in [0.717, 1.165) is 28.2 Å². The second-order valence-electron chi connectivity index (χ2n) is 21.0. The first-order valence-electron chi connectivity index (χ1n) is 26.6. The number of para-hydroxylation sites is 3. The van der Waals surface area contributed by atoms with Crippen LogP contribution in [0.25, 0.3) is 83.1 Å². The van der Waals surface area contributed by atoms with E-state index in [1.54, 1.807) is 0 Å². The Bertz CT molecular complexity index is 4520. The molecule has 2 nitrogen and oxygen atoms in total. The Hall–Kier alpha value is -9.76. The van der Waals surface area contributed by atoms with Crippen LogP contribution in [0.2, 0.25) is 0 Å². The maximum absolute atomic E-state index is 2.58. The second-order valence-corrected chi connectivity index (χ2v) is 21.0. The summed E-state index contributed by atoms with van der Waals surface area (Å²) in [6.45, 7) is 0. The first kappa shape index (κ1) is 41.7. The number of nitrogens with zero attached hydrogens (tertiary/aromatic N) is 2. The lowest BCUT2D eigenvalue weighted by Gasteiger charge is -2.39. The van der Waals surface area contributed by atoms with Crippen molar-refractivity contribution in [2.45, 2.75) is 10.8 Å². The lowest BCUT2D eigenvalue weighted by molar-refractivity contribution is 0.748. The molecule has 1 aliphatic heterocycles. The molecule has 12 aromatic carbocycles. The standard InChI is InChI=1S/C74H46N2/c1-2-21-47(22-3-1)48-23-18-24-49(45-48)51-25-9-16-40-67(51)75(70-42-20-38-65-71(70)57-30-8-14-36-63(57)73(65)59-32-10-4-26-52(59)53-27-5-11-33-60(53)73)50-43-44-68-58(46-50)56-31-19-39-66-72(56)76(68)69-41-17-15-37-64(69)74(66)61-34-12-6-28-54(61)55-29-7-13-35-62(55)74/h1-46H. The molecule has 0 fully saturated rings. The number of fused-ring (bicyclic) bond motifs is 22. The van der Waals surface area contributed by atoms with Crippen LogP contribution < -0.4 is 4.90 Å². The van der Waals surface area contributed by atoms with Crippen molar-refractivity contribution in [1.82, 2.24) is 4.57 Å². The lowest BCUT2D eigenvalue weighted by atomic mass is 9.65.